The second kappa shape index (κ2) is 6.06. The monoisotopic (exact) mass is 250 g/mol. The summed E-state index contributed by atoms with van der Waals surface area (Å²) in [6, 6.07) is 0. The summed E-state index contributed by atoms with van der Waals surface area (Å²) in [4.78, 5) is 23.1. The molecular weight excluding hydrogens is 232 g/mol. The minimum absolute atomic E-state index is 0. The maximum absolute atomic E-state index is 11.7. The van der Waals surface area contributed by atoms with Gasteiger partial charge in [-0.05, 0) is 26.8 Å². The second-order valence-electron chi connectivity index (χ2n) is 4.30. The van der Waals surface area contributed by atoms with E-state index in [-0.39, 0.29) is 24.2 Å². The smallest absolute Gasteiger partial charge is 0.330 e. The van der Waals surface area contributed by atoms with Crippen molar-refractivity contribution in [2.24, 2.45) is 5.92 Å². The number of hydrogen-bond acceptors (Lipinski definition) is 4. The van der Waals surface area contributed by atoms with Gasteiger partial charge in [-0.25, -0.2) is 4.79 Å². The summed E-state index contributed by atoms with van der Waals surface area (Å²) >= 11 is 0. The van der Waals surface area contributed by atoms with Crippen LogP contribution in [-0.4, -0.2) is 37.6 Å². The van der Waals surface area contributed by atoms with Gasteiger partial charge in [0.05, 0.1) is 13.0 Å². The molecule has 1 rings (SSSR count). The molecule has 0 aromatic carbocycles. The standard InChI is InChI=1S/C10H18N2O3.ClH/c1-10(2,9(14)15-3)12-8(13)7-4-5-11-6-7;/h7,11H,4-6H2,1-3H3,(H,12,13);1H. The van der Waals surface area contributed by atoms with Crippen molar-refractivity contribution >= 4 is 24.3 Å². The van der Waals surface area contributed by atoms with Crippen molar-refractivity contribution in [3.63, 3.8) is 0 Å². The van der Waals surface area contributed by atoms with Crippen LogP contribution in [0.15, 0.2) is 0 Å². The molecule has 2 N–H and O–H groups in total. The zero-order valence-electron chi connectivity index (χ0n) is 9.83. The number of carbonyl (C=O) groups excluding carboxylic acids is 2. The van der Waals surface area contributed by atoms with Gasteiger partial charge in [0.15, 0.2) is 0 Å². The summed E-state index contributed by atoms with van der Waals surface area (Å²) < 4.78 is 4.61. The molecular formula is C10H19ClN2O3. The molecule has 1 aliphatic rings. The lowest BCUT2D eigenvalue weighted by Gasteiger charge is -2.24. The first-order chi connectivity index (χ1) is 6.97. The van der Waals surface area contributed by atoms with Crippen LogP contribution >= 0.6 is 12.4 Å². The Morgan fingerprint density at radius 2 is 2.06 bits per heavy atom. The van der Waals surface area contributed by atoms with E-state index in [4.69, 9.17) is 0 Å². The lowest BCUT2D eigenvalue weighted by atomic mass is 10.0. The van der Waals surface area contributed by atoms with E-state index in [0.29, 0.717) is 6.54 Å². The van der Waals surface area contributed by atoms with E-state index in [1.54, 1.807) is 13.8 Å². The summed E-state index contributed by atoms with van der Waals surface area (Å²) in [5.41, 5.74) is -0.950. The molecule has 1 aliphatic heterocycles. The molecule has 6 heteroatoms. The first-order valence-corrected chi connectivity index (χ1v) is 5.08. The van der Waals surface area contributed by atoms with Crippen molar-refractivity contribution in [3.05, 3.63) is 0 Å². The maximum Gasteiger partial charge on any atom is 0.330 e. The highest BCUT2D eigenvalue weighted by atomic mass is 35.5. The van der Waals surface area contributed by atoms with E-state index in [9.17, 15) is 9.59 Å². The molecule has 1 saturated heterocycles. The van der Waals surface area contributed by atoms with Crippen LogP contribution in [0.2, 0.25) is 0 Å². The van der Waals surface area contributed by atoms with Crippen molar-refractivity contribution in [1.82, 2.24) is 10.6 Å². The average Bonchev–Trinajstić information content (AvgIpc) is 2.68. The number of amides is 1. The predicted molar refractivity (Wildman–Crippen MR) is 62.5 cm³/mol. The SMILES string of the molecule is COC(=O)C(C)(C)NC(=O)C1CCNC1.Cl. The zero-order valence-corrected chi connectivity index (χ0v) is 10.6. The van der Waals surface area contributed by atoms with Gasteiger partial charge in [0.1, 0.15) is 5.54 Å². The molecule has 0 bridgehead atoms. The van der Waals surface area contributed by atoms with Gasteiger partial charge in [-0.3, -0.25) is 4.79 Å². The lowest BCUT2D eigenvalue weighted by Crippen LogP contribution is -2.52. The Balaban J connectivity index is 0.00000225. The number of hydrogen-bond donors (Lipinski definition) is 2. The van der Waals surface area contributed by atoms with Crippen molar-refractivity contribution in [2.75, 3.05) is 20.2 Å². The third-order valence-electron chi connectivity index (χ3n) is 2.56. The number of methoxy groups -OCH3 is 1. The molecule has 0 radical (unpaired) electrons. The van der Waals surface area contributed by atoms with E-state index >= 15 is 0 Å². The molecule has 1 heterocycles. The van der Waals surface area contributed by atoms with Crippen LogP contribution in [0.4, 0.5) is 0 Å². The van der Waals surface area contributed by atoms with Crippen LogP contribution < -0.4 is 10.6 Å². The van der Waals surface area contributed by atoms with Crippen LogP contribution in [0.1, 0.15) is 20.3 Å². The van der Waals surface area contributed by atoms with Gasteiger partial charge >= 0.3 is 5.97 Å². The van der Waals surface area contributed by atoms with Gasteiger partial charge < -0.3 is 15.4 Å². The second-order valence-corrected chi connectivity index (χ2v) is 4.30. The molecule has 0 aromatic rings. The Bertz CT molecular complexity index is 263. The Labute approximate surface area is 102 Å². The predicted octanol–water partition coefficient (Wildman–Crippen LogP) is 0.0855. The molecule has 5 nitrogen and oxygen atoms in total. The van der Waals surface area contributed by atoms with Crippen molar-refractivity contribution < 1.29 is 14.3 Å². The third kappa shape index (κ3) is 3.64. The molecule has 1 amide bonds. The molecule has 0 aromatic heterocycles. The van der Waals surface area contributed by atoms with E-state index in [1.807, 2.05) is 0 Å². The normalized spacial score (nSPS) is 19.8. The van der Waals surface area contributed by atoms with Gasteiger partial charge in [-0.15, -0.1) is 12.4 Å². The molecule has 94 valence electrons. The van der Waals surface area contributed by atoms with E-state index in [2.05, 4.69) is 15.4 Å². The van der Waals surface area contributed by atoms with Gasteiger partial charge in [0, 0.05) is 6.54 Å². The van der Waals surface area contributed by atoms with E-state index < -0.39 is 11.5 Å². The molecule has 16 heavy (non-hydrogen) atoms. The number of carbonyl (C=O) groups is 2. The van der Waals surface area contributed by atoms with Gasteiger partial charge in [0.2, 0.25) is 5.91 Å². The number of nitrogens with one attached hydrogen (secondary N) is 2. The summed E-state index contributed by atoms with van der Waals surface area (Å²) in [6.45, 7) is 4.82. The van der Waals surface area contributed by atoms with E-state index in [1.165, 1.54) is 7.11 Å². The summed E-state index contributed by atoms with van der Waals surface area (Å²) in [5.74, 6) is -0.550. The highest BCUT2D eigenvalue weighted by Gasteiger charge is 2.33. The fraction of sp³-hybridized carbons (Fsp3) is 0.800. The Hall–Kier alpha value is -0.810. The number of rotatable bonds is 3. The maximum atomic E-state index is 11.7. The van der Waals surface area contributed by atoms with Crippen molar-refractivity contribution in [2.45, 2.75) is 25.8 Å². The van der Waals surface area contributed by atoms with Crippen LogP contribution in [0.5, 0.6) is 0 Å². The lowest BCUT2D eigenvalue weighted by molar-refractivity contribution is -0.149. The molecule has 1 unspecified atom stereocenters. The van der Waals surface area contributed by atoms with Gasteiger partial charge in [0.25, 0.3) is 0 Å². The van der Waals surface area contributed by atoms with Crippen LogP contribution in [-0.2, 0) is 14.3 Å². The quantitative estimate of drug-likeness (QED) is 0.697. The molecule has 0 aliphatic carbocycles. The third-order valence-corrected chi connectivity index (χ3v) is 2.56. The molecule has 0 saturated carbocycles. The first kappa shape index (κ1) is 15.2. The Morgan fingerprint density at radius 1 is 1.44 bits per heavy atom. The number of esters is 1. The molecule has 1 atom stereocenters. The van der Waals surface area contributed by atoms with E-state index in [0.717, 1.165) is 13.0 Å². The zero-order chi connectivity index (χ0) is 11.5. The number of halogens is 1. The fourth-order valence-corrected chi connectivity index (χ4v) is 1.59. The van der Waals surface area contributed by atoms with Crippen LogP contribution in [0.3, 0.4) is 0 Å². The summed E-state index contributed by atoms with van der Waals surface area (Å²) in [7, 11) is 1.31. The minimum atomic E-state index is -0.950. The average molecular weight is 251 g/mol. The number of ether oxygens (including phenoxy) is 1. The van der Waals surface area contributed by atoms with Crippen molar-refractivity contribution in [3.8, 4) is 0 Å². The highest BCUT2D eigenvalue weighted by molar-refractivity contribution is 5.88. The topological polar surface area (TPSA) is 67.4 Å². The summed E-state index contributed by atoms with van der Waals surface area (Å²) in [6.07, 6.45) is 0.823. The minimum Gasteiger partial charge on any atom is -0.467 e. The Kier molecular flexibility index (Phi) is 5.75. The molecule has 0 spiro atoms. The first-order valence-electron chi connectivity index (χ1n) is 5.08. The highest BCUT2D eigenvalue weighted by Crippen LogP contribution is 2.11. The van der Waals surface area contributed by atoms with Crippen LogP contribution in [0, 0.1) is 5.92 Å². The van der Waals surface area contributed by atoms with Crippen molar-refractivity contribution in [1.29, 1.82) is 0 Å². The fourth-order valence-electron chi connectivity index (χ4n) is 1.59. The van der Waals surface area contributed by atoms with Gasteiger partial charge in [-0.1, -0.05) is 0 Å². The largest absolute Gasteiger partial charge is 0.467 e. The van der Waals surface area contributed by atoms with Gasteiger partial charge in [-0.2, -0.15) is 0 Å². The van der Waals surface area contributed by atoms with Crippen LogP contribution in [0.25, 0.3) is 0 Å². The molecule has 1 fully saturated rings. The summed E-state index contributed by atoms with van der Waals surface area (Å²) in [5, 5.41) is 5.80. The Morgan fingerprint density at radius 3 is 2.50 bits per heavy atom.